The van der Waals surface area contributed by atoms with Gasteiger partial charge in [-0.05, 0) is 68.5 Å². The second kappa shape index (κ2) is 8.15. The van der Waals surface area contributed by atoms with E-state index in [1.165, 1.54) is 50.9 Å². The van der Waals surface area contributed by atoms with Crippen LogP contribution in [0.2, 0.25) is 0 Å². The van der Waals surface area contributed by atoms with Gasteiger partial charge in [-0.15, -0.1) is 0 Å². The Balaban J connectivity index is 1.31. The summed E-state index contributed by atoms with van der Waals surface area (Å²) in [6.07, 6.45) is 13.7. The number of hydrogen-bond acceptors (Lipinski definition) is 3. The van der Waals surface area contributed by atoms with Crippen molar-refractivity contribution in [3.63, 3.8) is 0 Å². The molecule has 0 spiro atoms. The summed E-state index contributed by atoms with van der Waals surface area (Å²) in [6.45, 7) is 2.48. The predicted molar refractivity (Wildman–Crippen MR) is 118 cm³/mol. The summed E-state index contributed by atoms with van der Waals surface area (Å²) < 4.78 is 15.5. The molecular formula is C25H27FN4. The lowest BCUT2D eigenvalue weighted by Gasteiger charge is -2.21. The molecule has 0 radical (unpaired) electrons. The number of likely N-dealkylation sites (tertiary alicyclic amines) is 1. The number of hydrogen-bond donors (Lipinski definition) is 0. The zero-order valence-electron chi connectivity index (χ0n) is 17.3. The molecule has 2 aromatic heterocycles. The number of pyridine rings is 1. The van der Waals surface area contributed by atoms with Gasteiger partial charge in [0.1, 0.15) is 11.6 Å². The van der Waals surface area contributed by atoms with Crippen molar-refractivity contribution in [2.45, 2.75) is 31.7 Å². The normalized spacial score (nSPS) is 19.7. The Morgan fingerprint density at radius 1 is 1.10 bits per heavy atom. The van der Waals surface area contributed by atoms with Gasteiger partial charge in [0.25, 0.3) is 0 Å². The molecule has 4 nitrogen and oxygen atoms in total. The van der Waals surface area contributed by atoms with Crippen LogP contribution in [0, 0.1) is 11.7 Å². The fourth-order valence-electron chi connectivity index (χ4n) is 4.26. The molecule has 3 aromatic rings. The SMILES string of the molecule is Cn1cc(-c2ccc(-c3cccc(F)c3)nc2)nc1/C=C/C1CCCN1CC1CC1. The van der Waals surface area contributed by atoms with Crippen molar-refractivity contribution in [1.82, 2.24) is 19.4 Å². The Bertz CT molecular complexity index is 1050. The quantitative estimate of drug-likeness (QED) is 0.570. The Labute approximate surface area is 177 Å². The van der Waals surface area contributed by atoms with Crippen molar-refractivity contribution in [3.8, 4) is 22.5 Å². The molecule has 2 aliphatic rings. The van der Waals surface area contributed by atoms with E-state index in [1.807, 2.05) is 37.6 Å². The van der Waals surface area contributed by atoms with Crippen molar-refractivity contribution >= 4 is 6.08 Å². The van der Waals surface area contributed by atoms with Crippen LogP contribution in [0.5, 0.6) is 0 Å². The molecule has 0 N–H and O–H groups in total. The van der Waals surface area contributed by atoms with Crippen molar-refractivity contribution in [2.75, 3.05) is 13.1 Å². The number of aryl methyl sites for hydroxylation is 1. The van der Waals surface area contributed by atoms with Crippen molar-refractivity contribution in [1.29, 1.82) is 0 Å². The highest BCUT2D eigenvalue weighted by Crippen LogP contribution is 2.32. The molecule has 1 atom stereocenters. The Kier molecular flexibility index (Phi) is 5.21. The van der Waals surface area contributed by atoms with Gasteiger partial charge in [0.05, 0.1) is 11.4 Å². The minimum Gasteiger partial charge on any atom is -0.334 e. The lowest BCUT2D eigenvalue weighted by atomic mass is 10.1. The lowest BCUT2D eigenvalue weighted by Crippen LogP contribution is -2.29. The molecule has 0 amide bonds. The predicted octanol–water partition coefficient (Wildman–Crippen LogP) is 5.18. The van der Waals surface area contributed by atoms with Gasteiger partial charge >= 0.3 is 0 Å². The number of benzene rings is 1. The first-order valence-corrected chi connectivity index (χ1v) is 10.8. The number of nitrogens with zero attached hydrogens (tertiary/aromatic N) is 4. The summed E-state index contributed by atoms with van der Waals surface area (Å²) in [5.41, 5.74) is 3.39. The van der Waals surface area contributed by atoms with Gasteiger partial charge < -0.3 is 4.57 Å². The van der Waals surface area contributed by atoms with E-state index in [0.29, 0.717) is 6.04 Å². The monoisotopic (exact) mass is 402 g/mol. The summed E-state index contributed by atoms with van der Waals surface area (Å²) in [5, 5.41) is 0. The first-order valence-electron chi connectivity index (χ1n) is 10.8. The zero-order chi connectivity index (χ0) is 20.5. The van der Waals surface area contributed by atoms with Crippen molar-refractivity contribution < 1.29 is 4.39 Å². The molecule has 3 heterocycles. The average Bonchev–Trinajstić information content (AvgIpc) is 3.34. The van der Waals surface area contributed by atoms with Crippen LogP contribution in [-0.4, -0.2) is 38.6 Å². The number of aromatic nitrogens is 3. The second-order valence-electron chi connectivity index (χ2n) is 8.54. The van der Waals surface area contributed by atoms with Gasteiger partial charge in [0.2, 0.25) is 0 Å². The van der Waals surface area contributed by atoms with Gasteiger partial charge in [-0.3, -0.25) is 9.88 Å². The van der Waals surface area contributed by atoms with Crippen molar-refractivity contribution in [3.05, 3.63) is 66.5 Å². The molecule has 1 aromatic carbocycles. The van der Waals surface area contributed by atoms with Gasteiger partial charge in [-0.25, -0.2) is 9.37 Å². The van der Waals surface area contributed by atoms with E-state index >= 15 is 0 Å². The summed E-state index contributed by atoms with van der Waals surface area (Å²) in [4.78, 5) is 12.0. The van der Waals surface area contributed by atoms with Gasteiger partial charge in [-0.2, -0.15) is 0 Å². The Morgan fingerprint density at radius 3 is 2.77 bits per heavy atom. The van der Waals surface area contributed by atoms with Gasteiger partial charge in [0, 0.05) is 43.2 Å². The first kappa shape index (κ1) is 19.2. The standard InChI is InChI=1S/C25H27FN4/c1-29-17-24(20-9-11-23(27-15-20)19-4-2-5-21(26)14-19)28-25(29)12-10-22-6-3-13-30(22)16-18-7-8-18/h2,4-5,9-12,14-15,17-18,22H,3,6-8,13,16H2,1H3/b12-10+. The van der Waals surface area contributed by atoms with Crippen LogP contribution >= 0.6 is 0 Å². The summed E-state index contributed by atoms with van der Waals surface area (Å²) in [7, 11) is 2.03. The molecule has 30 heavy (non-hydrogen) atoms. The highest BCUT2D eigenvalue weighted by molar-refractivity contribution is 5.65. The maximum Gasteiger partial charge on any atom is 0.132 e. The minimum absolute atomic E-state index is 0.252. The van der Waals surface area contributed by atoms with Crippen LogP contribution in [0.15, 0.2) is 54.9 Å². The molecule has 0 bridgehead atoms. The molecule has 1 aliphatic carbocycles. The van der Waals surface area contributed by atoms with Gasteiger partial charge in [-0.1, -0.05) is 18.2 Å². The molecule has 1 saturated carbocycles. The second-order valence-corrected chi connectivity index (χ2v) is 8.54. The zero-order valence-corrected chi connectivity index (χ0v) is 17.3. The van der Waals surface area contributed by atoms with Crippen LogP contribution in [0.25, 0.3) is 28.6 Å². The third-order valence-electron chi connectivity index (χ3n) is 6.16. The smallest absolute Gasteiger partial charge is 0.132 e. The summed E-state index contributed by atoms with van der Waals surface area (Å²) in [5.74, 6) is 1.64. The van der Waals surface area contributed by atoms with Crippen LogP contribution in [0.3, 0.4) is 0 Å². The van der Waals surface area contributed by atoms with Crippen molar-refractivity contribution in [2.24, 2.45) is 13.0 Å². The highest BCUT2D eigenvalue weighted by atomic mass is 19.1. The van der Waals surface area contributed by atoms with Crippen LogP contribution < -0.4 is 0 Å². The Morgan fingerprint density at radius 2 is 2.00 bits per heavy atom. The molecule has 1 saturated heterocycles. The molecular weight excluding hydrogens is 375 g/mol. The topological polar surface area (TPSA) is 34.0 Å². The molecule has 154 valence electrons. The van der Waals surface area contributed by atoms with E-state index in [1.54, 1.807) is 6.07 Å². The van der Waals surface area contributed by atoms with E-state index < -0.39 is 0 Å². The third kappa shape index (κ3) is 4.21. The van der Waals surface area contributed by atoms with E-state index in [2.05, 4.69) is 26.6 Å². The molecule has 5 heteroatoms. The van der Waals surface area contributed by atoms with E-state index in [-0.39, 0.29) is 5.82 Å². The first-order chi connectivity index (χ1) is 14.7. The third-order valence-corrected chi connectivity index (χ3v) is 6.16. The van der Waals surface area contributed by atoms with Crippen LogP contribution in [0.1, 0.15) is 31.5 Å². The maximum absolute atomic E-state index is 13.5. The fraction of sp³-hybridized carbons (Fsp3) is 0.360. The molecule has 1 unspecified atom stereocenters. The summed E-state index contributed by atoms with van der Waals surface area (Å²) in [6, 6.07) is 11.0. The van der Waals surface area contributed by atoms with Crippen LogP contribution in [0.4, 0.5) is 4.39 Å². The minimum atomic E-state index is -0.252. The molecule has 1 aliphatic heterocycles. The molecule has 5 rings (SSSR count). The number of imidazole rings is 1. The maximum atomic E-state index is 13.5. The fourth-order valence-corrected chi connectivity index (χ4v) is 4.26. The largest absolute Gasteiger partial charge is 0.334 e. The van der Waals surface area contributed by atoms with E-state index in [0.717, 1.165) is 34.3 Å². The van der Waals surface area contributed by atoms with E-state index in [4.69, 9.17) is 4.98 Å². The Hall–Kier alpha value is -2.79. The highest BCUT2D eigenvalue weighted by Gasteiger charge is 2.29. The number of halogens is 1. The lowest BCUT2D eigenvalue weighted by molar-refractivity contribution is 0.278. The van der Waals surface area contributed by atoms with Crippen LogP contribution in [-0.2, 0) is 7.05 Å². The number of rotatable bonds is 6. The van der Waals surface area contributed by atoms with E-state index in [9.17, 15) is 4.39 Å². The van der Waals surface area contributed by atoms with Gasteiger partial charge in [0.15, 0.2) is 0 Å². The molecule has 2 fully saturated rings. The summed E-state index contributed by atoms with van der Waals surface area (Å²) >= 11 is 0. The average molecular weight is 403 g/mol.